The molecule has 1 amide bonds. The maximum atomic E-state index is 11.2. The van der Waals surface area contributed by atoms with Gasteiger partial charge in [0.2, 0.25) is 0 Å². The highest BCUT2D eigenvalue weighted by Gasteiger charge is 2.02. The Morgan fingerprint density at radius 3 is 2.94 bits per heavy atom. The van der Waals surface area contributed by atoms with Crippen LogP contribution in [0.1, 0.15) is 5.69 Å². The number of aliphatic carboxylic acids is 1. The summed E-state index contributed by atoms with van der Waals surface area (Å²) in [6.45, 7) is -0.0587. The van der Waals surface area contributed by atoms with Crippen molar-refractivity contribution in [2.45, 2.75) is 0 Å². The topological polar surface area (TPSA) is 88.5 Å². The number of rotatable bonds is 5. The molecule has 6 heteroatoms. The number of carboxylic acid groups (broad SMARTS) is 1. The van der Waals surface area contributed by atoms with E-state index in [1.807, 2.05) is 0 Å². The first-order valence-electron chi connectivity index (χ1n) is 4.78. The first kappa shape index (κ1) is 12.9. The average Bonchev–Trinajstić information content (AvgIpc) is 2.27. The van der Waals surface area contributed by atoms with Gasteiger partial charge < -0.3 is 15.2 Å². The van der Waals surface area contributed by atoms with E-state index in [0.29, 0.717) is 11.5 Å². The lowest BCUT2D eigenvalue weighted by molar-refractivity contribution is -0.131. The molecule has 0 radical (unpaired) electrons. The van der Waals surface area contributed by atoms with Gasteiger partial charge in [0.05, 0.1) is 5.69 Å². The minimum absolute atomic E-state index is 0.0587. The summed E-state index contributed by atoms with van der Waals surface area (Å²) < 4.78 is 4.65. The fraction of sp³-hybridized carbons (Fsp3) is 0.182. The van der Waals surface area contributed by atoms with Crippen LogP contribution in [0.2, 0.25) is 0 Å². The second kappa shape index (κ2) is 6.39. The highest BCUT2D eigenvalue weighted by molar-refractivity contribution is 5.91. The number of hydrogen-bond donors (Lipinski definition) is 2. The Hall–Kier alpha value is -2.21. The maximum absolute atomic E-state index is 11.2. The quantitative estimate of drug-likeness (QED) is 0.737. The summed E-state index contributed by atoms with van der Waals surface area (Å²) in [7, 11) is 1.42. The van der Waals surface area contributed by atoms with Gasteiger partial charge >= 0.3 is 5.97 Å². The predicted molar refractivity (Wildman–Crippen MR) is 61.4 cm³/mol. The van der Waals surface area contributed by atoms with Crippen LogP contribution in [0.15, 0.2) is 24.3 Å². The van der Waals surface area contributed by atoms with Crippen LogP contribution in [0.5, 0.6) is 0 Å². The lowest BCUT2D eigenvalue weighted by Crippen LogP contribution is -2.17. The summed E-state index contributed by atoms with van der Waals surface area (Å²) in [6, 6.07) is 4.90. The van der Waals surface area contributed by atoms with Crippen molar-refractivity contribution in [1.82, 2.24) is 4.98 Å². The molecule has 17 heavy (non-hydrogen) atoms. The monoisotopic (exact) mass is 236 g/mol. The highest BCUT2D eigenvalue weighted by atomic mass is 16.5. The molecule has 0 saturated heterocycles. The molecule has 0 fully saturated rings. The Morgan fingerprint density at radius 1 is 1.53 bits per heavy atom. The molecule has 2 N–H and O–H groups in total. The summed E-state index contributed by atoms with van der Waals surface area (Å²) in [6.07, 6.45) is 2.32. The number of methoxy groups -OCH3 is 1. The van der Waals surface area contributed by atoms with Gasteiger partial charge in [0.1, 0.15) is 12.4 Å². The molecule has 6 nitrogen and oxygen atoms in total. The largest absolute Gasteiger partial charge is 0.478 e. The lowest BCUT2D eigenvalue weighted by Gasteiger charge is -2.03. The van der Waals surface area contributed by atoms with E-state index in [0.717, 1.165) is 6.08 Å². The Bertz CT molecular complexity index is 443. The number of hydrogen-bond acceptors (Lipinski definition) is 4. The van der Waals surface area contributed by atoms with Gasteiger partial charge in [-0.15, -0.1) is 0 Å². The van der Waals surface area contributed by atoms with Crippen LogP contribution in [0.4, 0.5) is 5.82 Å². The van der Waals surface area contributed by atoms with Gasteiger partial charge in [-0.2, -0.15) is 0 Å². The second-order valence-corrected chi connectivity index (χ2v) is 3.10. The van der Waals surface area contributed by atoms with E-state index in [9.17, 15) is 9.59 Å². The molecular formula is C11H12N2O4. The van der Waals surface area contributed by atoms with Gasteiger partial charge in [-0.3, -0.25) is 4.79 Å². The van der Waals surface area contributed by atoms with Crippen LogP contribution in [0.25, 0.3) is 6.08 Å². The predicted octanol–water partition coefficient (Wildman–Crippen LogP) is 0.764. The van der Waals surface area contributed by atoms with Crippen LogP contribution >= 0.6 is 0 Å². The molecular weight excluding hydrogens is 224 g/mol. The third-order valence-corrected chi connectivity index (χ3v) is 1.71. The summed E-state index contributed by atoms with van der Waals surface area (Å²) in [5.41, 5.74) is 0.447. The third kappa shape index (κ3) is 4.89. The van der Waals surface area contributed by atoms with Crippen LogP contribution < -0.4 is 5.32 Å². The zero-order valence-corrected chi connectivity index (χ0v) is 9.21. The molecule has 90 valence electrons. The molecule has 1 rings (SSSR count). The van der Waals surface area contributed by atoms with Crippen molar-refractivity contribution in [2.75, 3.05) is 19.0 Å². The molecule has 0 aliphatic carbocycles. The number of carbonyl (C=O) groups is 2. The minimum Gasteiger partial charge on any atom is -0.478 e. The Morgan fingerprint density at radius 2 is 2.29 bits per heavy atom. The van der Waals surface area contributed by atoms with Crippen molar-refractivity contribution in [3.05, 3.63) is 30.0 Å². The molecule has 0 aliphatic rings. The molecule has 0 aromatic carbocycles. The van der Waals surface area contributed by atoms with E-state index in [1.54, 1.807) is 18.2 Å². The van der Waals surface area contributed by atoms with E-state index >= 15 is 0 Å². The van der Waals surface area contributed by atoms with Crippen molar-refractivity contribution in [2.24, 2.45) is 0 Å². The summed E-state index contributed by atoms with van der Waals surface area (Å²) in [5, 5.41) is 11.0. The fourth-order valence-electron chi connectivity index (χ4n) is 1.08. The lowest BCUT2D eigenvalue weighted by atomic mass is 10.3. The first-order chi connectivity index (χ1) is 8.11. The minimum atomic E-state index is -1.05. The molecule has 0 spiro atoms. The molecule has 1 aromatic rings. The van der Waals surface area contributed by atoms with Crippen LogP contribution in [0.3, 0.4) is 0 Å². The van der Waals surface area contributed by atoms with Gasteiger partial charge in [0.15, 0.2) is 0 Å². The number of pyridine rings is 1. The molecule has 1 heterocycles. The van der Waals surface area contributed by atoms with E-state index in [-0.39, 0.29) is 12.5 Å². The number of ether oxygens (including phenoxy) is 1. The van der Waals surface area contributed by atoms with Gasteiger partial charge in [0, 0.05) is 13.2 Å². The van der Waals surface area contributed by atoms with Crippen molar-refractivity contribution in [1.29, 1.82) is 0 Å². The zero-order valence-electron chi connectivity index (χ0n) is 9.21. The van der Waals surface area contributed by atoms with Crippen molar-refractivity contribution < 1.29 is 19.4 Å². The third-order valence-electron chi connectivity index (χ3n) is 1.71. The number of amides is 1. The zero-order chi connectivity index (χ0) is 12.7. The van der Waals surface area contributed by atoms with Gasteiger partial charge in [-0.05, 0) is 18.2 Å². The fourth-order valence-corrected chi connectivity index (χ4v) is 1.08. The number of nitrogens with one attached hydrogen (secondary N) is 1. The molecule has 0 bridgehead atoms. The van der Waals surface area contributed by atoms with Gasteiger partial charge in [-0.25, -0.2) is 9.78 Å². The first-order valence-corrected chi connectivity index (χ1v) is 4.78. The standard InChI is InChI=1S/C11H12N2O4/c1-17-7-10(14)13-9-4-2-3-8(12-9)5-6-11(15)16/h2-6H,7H2,1H3,(H,15,16)(H,12,13,14). The Kier molecular flexibility index (Phi) is 4.83. The Balaban J connectivity index is 2.72. The van der Waals surface area contributed by atoms with Gasteiger partial charge in [0.25, 0.3) is 5.91 Å². The summed E-state index contributed by atoms with van der Waals surface area (Å²) in [4.78, 5) is 25.6. The van der Waals surface area contributed by atoms with E-state index in [4.69, 9.17) is 5.11 Å². The number of carboxylic acids is 1. The molecule has 0 unspecified atom stereocenters. The number of aromatic nitrogens is 1. The van der Waals surface area contributed by atoms with E-state index in [2.05, 4.69) is 15.0 Å². The number of anilines is 1. The Labute approximate surface area is 97.9 Å². The van der Waals surface area contributed by atoms with E-state index in [1.165, 1.54) is 13.2 Å². The maximum Gasteiger partial charge on any atom is 0.328 e. The number of carbonyl (C=O) groups excluding carboxylic acids is 1. The van der Waals surface area contributed by atoms with Crippen LogP contribution in [0, 0.1) is 0 Å². The second-order valence-electron chi connectivity index (χ2n) is 3.10. The number of nitrogens with zero attached hydrogens (tertiary/aromatic N) is 1. The molecule has 0 atom stereocenters. The van der Waals surface area contributed by atoms with Crippen molar-refractivity contribution in [3.8, 4) is 0 Å². The SMILES string of the molecule is COCC(=O)Nc1cccc(C=CC(=O)O)n1. The normalized spacial score (nSPS) is 10.4. The average molecular weight is 236 g/mol. The van der Waals surface area contributed by atoms with Gasteiger partial charge in [-0.1, -0.05) is 6.07 Å². The van der Waals surface area contributed by atoms with Crippen molar-refractivity contribution in [3.63, 3.8) is 0 Å². The molecule has 0 aliphatic heterocycles. The summed E-state index contributed by atoms with van der Waals surface area (Å²) in [5.74, 6) is -1.03. The molecule has 1 aromatic heterocycles. The summed E-state index contributed by atoms with van der Waals surface area (Å²) >= 11 is 0. The van der Waals surface area contributed by atoms with Crippen LogP contribution in [-0.4, -0.2) is 35.7 Å². The smallest absolute Gasteiger partial charge is 0.328 e. The van der Waals surface area contributed by atoms with Crippen molar-refractivity contribution >= 4 is 23.8 Å². The van der Waals surface area contributed by atoms with Crippen LogP contribution in [-0.2, 0) is 14.3 Å². The highest BCUT2D eigenvalue weighted by Crippen LogP contribution is 2.06. The van der Waals surface area contributed by atoms with E-state index < -0.39 is 5.97 Å². The molecule has 0 saturated carbocycles.